The van der Waals surface area contributed by atoms with Gasteiger partial charge in [0.2, 0.25) is 5.91 Å². The quantitative estimate of drug-likeness (QED) is 0.602. The van der Waals surface area contributed by atoms with Crippen LogP contribution < -0.4 is 5.32 Å². The van der Waals surface area contributed by atoms with Crippen molar-refractivity contribution in [3.05, 3.63) is 47.8 Å². The lowest BCUT2D eigenvalue weighted by Crippen LogP contribution is -2.25. The van der Waals surface area contributed by atoms with Gasteiger partial charge >= 0.3 is 0 Å². The highest BCUT2D eigenvalue weighted by molar-refractivity contribution is 5.76. The molecular weight excluding hydrogens is 233 g/mol. The first kappa shape index (κ1) is 14.4. The van der Waals surface area contributed by atoms with E-state index in [0.717, 1.165) is 6.42 Å². The molecule has 2 N–H and O–H groups in total. The van der Waals surface area contributed by atoms with Gasteiger partial charge in [-0.1, -0.05) is 24.3 Å². The number of aliphatic hydroxyl groups is 1. The Morgan fingerprint density at radius 2 is 2.33 bits per heavy atom. The molecule has 1 aromatic rings. The third kappa shape index (κ3) is 5.10. The number of nitrogens with one attached hydrogen (secondary N) is 1. The van der Waals surface area contributed by atoms with Crippen molar-refractivity contribution in [1.82, 2.24) is 5.32 Å². The average molecular weight is 251 g/mol. The second-order valence-corrected chi connectivity index (χ2v) is 3.98. The van der Waals surface area contributed by atoms with E-state index < -0.39 is 11.9 Å². The summed E-state index contributed by atoms with van der Waals surface area (Å²) >= 11 is 0. The molecule has 4 heteroatoms. The van der Waals surface area contributed by atoms with Crippen molar-refractivity contribution in [3.8, 4) is 0 Å². The van der Waals surface area contributed by atoms with Crippen LogP contribution in [0.2, 0.25) is 0 Å². The van der Waals surface area contributed by atoms with E-state index in [4.69, 9.17) is 0 Å². The van der Waals surface area contributed by atoms with Crippen molar-refractivity contribution in [2.45, 2.75) is 25.9 Å². The Balaban J connectivity index is 2.39. The molecule has 0 saturated heterocycles. The third-order valence-electron chi connectivity index (χ3n) is 2.48. The van der Waals surface area contributed by atoms with E-state index in [9.17, 15) is 14.3 Å². The number of allylic oxidation sites excluding steroid dienone is 1. The van der Waals surface area contributed by atoms with Crippen molar-refractivity contribution in [2.75, 3.05) is 6.54 Å². The molecule has 1 amide bonds. The maximum absolute atomic E-state index is 12.9. The summed E-state index contributed by atoms with van der Waals surface area (Å²) in [5.41, 5.74) is 0.415. The summed E-state index contributed by atoms with van der Waals surface area (Å²) in [6.45, 7) is 2.45. The van der Waals surface area contributed by atoms with Crippen LogP contribution in [-0.4, -0.2) is 17.6 Å². The van der Waals surface area contributed by atoms with Gasteiger partial charge in [0.25, 0.3) is 0 Å². The number of carbonyl (C=O) groups excluding carboxylic acids is 1. The van der Waals surface area contributed by atoms with Crippen LogP contribution in [0.1, 0.15) is 31.4 Å². The zero-order chi connectivity index (χ0) is 13.4. The Kier molecular flexibility index (Phi) is 6.08. The zero-order valence-electron chi connectivity index (χ0n) is 10.4. The summed E-state index contributed by atoms with van der Waals surface area (Å²) in [7, 11) is 0. The summed E-state index contributed by atoms with van der Waals surface area (Å²) in [6.07, 6.45) is 3.59. The second-order valence-electron chi connectivity index (χ2n) is 3.98. The molecule has 18 heavy (non-hydrogen) atoms. The second kappa shape index (κ2) is 7.61. The third-order valence-corrected chi connectivity index (χ3v) is 2.48. The highest BCUT2D eigenvalue weighted by Gasteiger charge is 2.12. The van der Waals surface area contributed by atoms with Gasteiger partial charge in [0, 0.05) is 6.54 Å². The number of benzene rings is 1. The fraction of sp³-hybridized carbons (Fsp3) is 0.357. The topological polar surface area (TPSA) is 49.3 Å². The fourth-order valence-corrected chi connectivity index (χ4v) is 1.54. The van der Waals surface area contributed by atoms with Gasteiger partial charge in [0.05, 0.1) is 12.5 Å². The monoisotopic (exact) mass is 251 g/mol. The molecule has 1 unspecified atom stereocenters. The highest BCUT2D eigenvalue weighted by Crippen LogP contribution is 2.17. The van der Waals surface area contributed by atoms with Crippen LogP contribution in [-0.2, 0) is 4.79 Å². The van der Waals surface area contributed by atoms with Crippen molar-refractivity contribution in [2.24, 2.45) is 0 Å². The van der Waals surface area contributed by atoms with Crippen LogP contribution in [0.4, 0.5) is 4.39 Å². The summed E-state index contributed by atoms with van der Waals surface area (Å²) in [5.74, 6) is -0.656. The Hall–Kier alpha value is -1.68. The van der Waals surface area contributed by atoms with E-state index >= 15 is 0 Å². The van der Waals surface area contributed by atoms with Gasteiger partial charge in [0.15, 0.2) is 0 Å². The Morgan fingerprint density at radius 3 is 3.00 bits per heavy atom. The molecule has 0 aromatic heterocycles. The average Bonchev–Trinajstić information content (AvgIpc) is 2.34. The molecule has 0 aliphatic rings. The van der Waals surface area contributed by atoms with E-state index in [1.807, 2.05) is 19.1 Å². The van der Waals surface area contributed by atoms with Crippen LogP contribution in [0, 0.1) is 5.82 Å². The van der Waals surface area contributed by atoms with E-state index in [1.54, 1.807) is 6.07 Å². The van der Waals surface area contributed by atoms with E-state index in [0.29, 0.717) is 12.1 Å². The lowest BCUT2D eigenvalue weighted by atomic mass is 10.1. The first-order chi connectivity index (χ1) is 8.63. The number of hydrogen-bond donors (Lipinski definition) is 2. The molecular formula is C14H18FNO2. The molecule has 1 rings (SSSR count). The maximum atomic E-state index is 12.9. The lowest BCUT2D eigenvalue weighted by Gasteiger charge is -2.11. The number of halogens is 1. The molecule has 1 aromatic carbocycles. The number of carbonyl (C=O) groups is 1. The van der Waals surface area contributed by atoms with E-state index in [1.165, 1.54) is 18.2 Å². The van der Waals surface area contributed by atoms with Gasteiger partial charge in [-0.3, -0.25) is 4.79 Å². The standard InChI is InChI=1S/C14H18FNO2/c1-2-3-4-8-16-14(18)10-13(17)11-6-5-7-12(15)9-11/h2-3,5-7,9,13,17H,4,8,10H2,1H3,(H,16,18)/b3-2+. The predicted molar refractivity (Wildman–Crippen MR) is 68.4 cm³/mol. The smallest absolute Gasteiger partial charge is 0.222 e. The first-order valence-corrected chi connectivity index (χ1v) is 5.95. The number of hydrogen-bond acceptors (Lipinski definition) is 2. The SMILES string of the molecule is C/C=C/CCNC(=O)CC(O)c1cccc(F)c1. The van der Waals surface area contributed by atoms with Gasteiger partial charge in [0.1, 0.15) is 5.82 Å². The molecule has 0 heterocycles. The molecule has 0 aliphatic heterocycles. The molecule has 0 bridgehead atoms. The van der Waals surface area contributed by atoms with Gasteiger partial charge in [-0.25, -0.2) is 4.39 Å². The Labute approximate surface area is 106 Å². The normalized spacial score (nSPS) is 12.6. The van der Waals surface area contributed by atoms with E-state index in [2.05, 4.69) is 5.32 Å². The molecule has 0 saturated carbocycles. The van der Waals surface area contributed by atoms with E-state index in [-0.39, 0.29) is 12.3 Å². The minimum Gasteiger partial charge on any atom is -0.388 e. The Bertz CT molecular complexity index is 418. The van der Waals surface area contributed by atoms with Crippen LogP contribution in [0.15, 0.2) is 36.4 Å². The van der Waals surface area contributed by atoms with Crippen LogP contribution in [0.25, 0.3) is 0 Å². The molecule has 0 spiro atoms. The van der Waals surface area contributed by atoms with Gasteiger partial charge in [-0.2, -0.15) is 0 Å². The van der Waals surface area contributed by atoms with Crippen molar-refractivity contribution in [1.29, 1.82) is 0 Å². The maximum Gasteiger partial charge on any atom is 0.222 e. The largest absolute Gasteiger partial charge is 0.388 e. The molecule has 1 atom stereocenters. The predicted octanol–water partition coefficient (Wildman–Crippen LogP) is 2.33. The zero-order valence-corrected chi connectivity index (χ0v) is 10.4. The summed E-state index contributed by atoms with van der Waals surface area (Å²) < 4.78 is 12.9. The lowest BCUT2D eigenvalue weighted by molar-refractivity contribution is -0.123. The van der Waals surface area contributed by atoms with Crippen LogP contribution in [0.5, 0.6) is 0 Å². The van der Waals surface area contributed by atoms with Gasteiger partial charge < -0.3 is 10.4 Å². The number of aliphatic hydroxyl groups excluding tert-OH is 1. The first-order valence-electron chi connectivity index (χ1n) is 5.95. The summed E-state index contributed by atoms with van der Waals surface area (Å²) in [5, 5.41) is 12.5. The van der Waals surface area contributed by atoms with Crippen LogP contribution >= 0.6 is 0 Å². The van der Waals surface area contributed by atoms with Crippen molar-refractivity contribution in [3.63, 3.8) is 0 Å². The minimum atomic E-state index is -0.970. The Morgan fingerprint density at radius 1 is 1.56 bits per heavy atom. The summed E-state index contributed by atoms with van der Waals surface area (Å²) in [6, 6.07) is 5.64. The molecule has 3 nitrogen and oxygen atoms in total. The highest BCUT2D eigenvalue weighted by atomic mass is 19.1. The number of amides is 1. The molecule has 0 fully saturated rings. The number of rotatable bonds is 6. The van der Waals surface area contributed by atoms with Crippen LogP contribution in [0.3, 0.4) is 0 Å². The van der Waals surface area contributed by atoms with Crippen molar-refractivity contribution >= 4 is 5.91 Å². The minimum absolute atomic E-state index is 0.0563. The van der Waals surface area contributed by atoms with Gasteiger partial charge in [-0.05, 0) is 31.0 Å². The van der Waals surface area contributed by atoms with Gasteiger partial charge in [-0.15, -0.1) is 0 Å². The molecule has 98 valence electrons. The molecule has 0 aliphatic carbocycles. The fourth-order valence-electron chi connectivity index (χ4n) is 1.54. The molecule has 0 radical (unpaired) electrons. The summed E-state index contributed by atoms with van der Waals surface area (Å²) in [4.78, 5) is 11.5. The van der Waals surface area contributed by atoms with Crippen molar-refractivity contribution < 1.29 is 14.3 Å².